The van der Waals surface area contributed by atoms with E-state index in [0.717, 1.165) is 0 Å². The minimum atomic E-state index is -0.0911. The molecule has 0 fully saturated rings. The molecule has 0 aliphatic rings. The minimum Gasteiger partial charge on any atom is -0.383 e. The maximum Gasteiger partial charge on any atom is 0.242 e. The predicted molar refractivity (Wildman–Crippen MR) is 70.3 cm³/mol. The van der Waals surface area contributed by atoms with Gasteiger partial charge in [-0.3, -0.25) is 9.59 Å². The van der Waals surface area contributed by atoms with Gasteiger partial charge in [-0.25, -0.2) is 0 Å². The number of hydrogen-bond donors (Lipinski definition) is 1. The molecule has 0 bridgehead atoms. The smallest absolute Gasteiger partial charge is 0.242 e. The molecule has 0 spiro atoms. The molecular formula is C12H25N3O3. The summed E-state index contributed by atoms with van der Waals surface area (Å²) in [6.45, 7) is 6.74. The molecule has 0 rings (SSSR count). The highest BCUT2D eigenvalue weighted by Gasteiger charge is 2.15. The zero-order chi connectivity index (χ0) is 14.0. The van der Waals surface area contributed by atoms with Crippen molar-refractivity contribution in [3.63, 3.8) is 0 Å². The molecular weight excluding hydrogens is 234 g/mol. The summed E-state index contributed by atoms with van der Waals surface area (Å²) in [5, 5.41) is 2.96. The largest absolute Gasteiger partial charge is 0.383 e. The Bertz CT molecular complexity index is 255. The Morgan fingerprint density at radius 3 is 2.28 bits per heavy atom. The van der Waals surface area contributed by atoms with E-state index in [9.17, 15) is 9.59 Å². The average molecular weight is 259 g/mol. The Kier molecular flexibility index (Phi) is 9.22. The second-order valence-electron chi connectivity index (χ2n) is 3.99. The summed E-state index contributed by atoms with van der Waals surface area (Å²) < 4.78 is 4.86. The predicted octanol–water partition coefficient (Wildman–Crippen LogP) is -0.451. The zero-order valence-corrected chi connectivity index (χ0v) is 11.9. The molecule has 1 N–H and O–H groups in total. The van der Waals surface area contributed by atoms with Crippen LogP contribution in [-0.4, -0.2) is 75.1 Å². The number of hydrogen-bond acceptors (Lipinski definition) is 4. The van der Waals surface area contributed by atoms with Gasteiger partial charge in [0.2, 0.25) is 11.8 Å². The van der Waals surface area contributed by atoms with Gasteiger partial charge in [0.25, 0.3) is 0 Å². The van der Waals surface area contributed by atoms with E-state index in [4.69, 9.17) is 4.74 Å². The van der Waals surface area contributed by atoms with Gasteiger partial charge in [0.15, 0.2) is 0 Å². The van der Waals surface area contributed by atoms with E-state index in [1.165, 1.54) is 4.90 Å². The molecule has 0 atom stereocenters. The lowest BCUT2D eigenvalue weighted by atomic mass is 10.4. The highest BCUT2D eigenvalue weighted by atomic mass is 16.5. The first-order valence-corrected chi connectivity index (χ1v) is 6.28. The molecule has 2 amide bonds. The van der Waals surface area contributed by atoms with Gasteiger partial charge in [-0.1, -0.05) is 0 Å². The van der Waals surface area contributed by atoms with Crippen molar-refractivity contribution in [1.82, 2.24) is 15.1 Å². The molecule has 0 aromatic rings. The van der Waals surface area contributed by atoms with Crippen molar-refractivity contribution in [2.45, 2.75) is 13.8 Å². The van der Waals surface area contributed by atoms with E-state index in [-0.39, 0.29) is 24.9 Å². The Morgan fingerprint density at radius 1 is 1.17 bits per heavy atom. The van der Waals surface area contributed by atoms with Crippen LogP contribution in [0.3, 0.4) is 0 Å². The van der Waals surface area contributed by atoms with Crippen LogP contribution in [0.4, 0.5) is 0 Å². The number of ether oxygens (including phenoxy) is 1. The number of amides is 2. The molecule has 18 heavy (non-hydrogen) atoms. The molecule has 0 aromatic heterocycles. The van der Waals surface area contributed by atoms with E-state index < -0.39 is 0 Å². The number of methoxy groups -OCH3 is 1. The number of carbonyl (C=O) groups is 2. The summed E-state index contributed by atoms with van der Waals surface area (Å²) in [6, 6.07) is 0. The van der Waals surface area contributed by atoms with Crippen molar-refractivity contribution in [2.24, 2.45) is 0 Å². The van der Waals surface area contributed by atoms with Crippen LogP contribution in [0.25, 0.3) is 0 Å². The SMILES string of the molecule is CCN(CC)C(=O)CN(C)C(=O)CNCCOC. The van der Waals surface area contributed by atoms with Crippen LogP contribution in [0.2, 0.25) is 0 Å². The summed E-state index contributed by atoms with van der Waals surface area (Å²) >= 11 is 0. The zero-order valence-electron chi connectivity index (χ0n) is 11.9. The number of carbonyl (C=O) groups excluding carboxylic acids is 2. The second-order valence-corrected chi connectivity index (χ2v) is 3.99. The summed E-state index contributed by atoms with van der Waals surface area (Å²) in [7, 11) is 3.25. The fourth-order valence-corrected chi connectivity index (χ4v) is 1.47. The molecule has 106 valence electrons. The lowest BCUT2D eigenvalue weighted by Gasteiger charge is -2.23. The van der Waals surface area contributed by atoms with Gasteiger partial charge in [-0.2, -0.15) is 0 Å². The average Bonchev–Trinajstić information content (AvgIpc) is 2.35. The number of nitrogens with one attached hydrogen (secondary N) is 1. The Hall–Kier alpha value is -1.14. The maximum atomic E-state index is 11.8. The van der Waals surface area contributed by atoms with Crippen LogP contribution in [0.5, 0.6) is 0 Å². The Morgan fingerprint density at radius 2 is 1.78 bits per heavy atom. The Labute approximate surface area is 109 Å². The maximum absolute atomic E-state index is 11.8. The van der Waals surface area contributed by atoms with Crippen molar-refractivity contribution in [3.8, 4) is 0 Å². The normalized spacial score (nSPS) is 10.2. The van der Waals surface area contributed by atoms with Crippen molar-refractivity contribution in [3.05, 3.63) is 0 Å². The quantitative estimate of drug-likeness (QED) is 0.570. The van der Waals surface area contributed by atoms with Crippen LogP contribution in [0, 0.1) is 0 Å². The highest BCUT2D eigenvalue weighted by molar-refractivity contribution is 5.85. The Balaban J connectivity index is 3.96. The van der Waals surface area contributed by atoms with Crippen molar-refractivity contribution < 1.29 is 14.3 Å². The van der Waals surface area contributed by atoms with Gasteiger partial charge in [0.05, 0.1) is 19.7 Å². The number of likely N-dealkylation sites (N-methyl/N-ethyl adjacent to an activating group) is 2. The summed E-state index contributed by atoms with van der Waals surface area (Å²) in [5.41, 5.74) is 0. The van der Waals surface area contributed by atoms with Crippen molar-refractivity contribution >= 4 is 11.8 Å². The molecule has 0 saturated heterocycles. The first kappa shape index (κ1) is 16.9. The van der Waals surface area contributed by atoms with Crippen molar-refractivity contribution in [1.29, 1.82) is 0 Å². The summed E-state index contributed by atoms with van der Waals surface area (Å²) in [6.07, 6.45) is 0. The molecule has 6 heteroatoms. The van der Waals surface area contributed by atoms with Gasteiger partial charge in [0.1, 0.15) is 0 Å². The molecule has 0 radical (unpaired) electrons. The van der Waals surface area contributed by atoms with E-state index >= 15 is 0 Å². The first-order valence-electron chi connectivity index (χ1n) is 6.28. The molecule has 0 aromatic carbocycles. The fourth-order valence-electron chi connectivity index (χ4n) is 1.47. The monoisotopic (exact) mass is 259 g/mol. The van der Waals surface area contributed by atoms with Crippen LogP contribution >= 0.6 is 0 Å². The second kappa shape index (κ2) is 9.85. The lowest BCUT2D eigenvalue weighted by molar-refractivity contribution is -0.138. The molecule has 0 heterocycles. The summed E-state index contributed by atoms with van der Waals surface area (Å²) in [5.74, 6) is -0.112. The molecule has 0 aliphatic heterocycles. The van der Waals surface area contributed by atoms with Crippen LogP contribution in [0.15, 0.2) is 0 Å². The first-order chi connectivity index (χ1) is 8.56. The van der Waals surface area contributed by atoms with E-state index in [2.05, 4.69) is 5.32 Å². The number of nitrogens with zero attached hydrogens (tertiary/aromatic N) is 2. The molecule has 0 aliphatic carbocycles. The van der Waals surface area contributed by atoms with E-state index in [1.54, 1.807) is 19.1 Å². The van der Waals surface area contributed by atoms with Crippen LogP contribution in [0.1, 0.15) is 13.8 Å². The van der Waals surface area contributed by atoms with Gasteiger partial charge >= 0.3 is 0 Å². The van der Waals surface area contributed by atoms with Crippen molar-refractivity contribution in [2.75, 3.05) is 53.5 Å². The third-order valence-electron chi connectivity index (χ3n) is 2.67. The van der Waals surface area contributed by atoms with E-state index in [0.29, 0.717) is 26.2 Å². The lowest BCUT2D eigenvalue weighted by Crippen LogP contribution is -2.43. The molecule has 0 saturated carbocycles. The summed E-state index contributed by atoms with van der Waals surface area (Å²) in [4.78, 5) is 26.6. The fraction of sp³-hybridized carbons (Fsp3) is 0.833. The van der Waals surface area contributed by atoms with Gasteiger partial charge in [0, 0.05) is 33.8 Å². The molecule has 0 unspecified atom stereocenters. The van der Waals surface area contributed by atoms with Crippen LogP contribution < -0.4 is 5.32 Å². The van der Waals surface area contributed by atoms with Gasteiger partial charge < -0.3 is 19.9 Å². The molecule has 6 nitrogen and oxygen atoms in total. The minimum absolute atomic E-state index is 0.0206. The van der Waals surface area contributed by atoms with Gasteiger partial charge in [-0.15, -0.1) is 0 Å². The highest BCUT2D eigenvalue weighted by Crippen LogP contribution is 1.92. The van der Waals surface area contributed by atoms with Gasteiger partial charge in [-0.05, 0) is 13.8 Å². The standard InChI is InChI=1S/C12H25N3O3/c1-5-15(6-2)12(17)10-14(3)11(16)9-13-7-8-18-4/h13H,5-10H2,1-4H3. The van der Waals surface area contributed by atoms with Crippen LogP contribution in [-0.2, 0) is 14.3 Å². The third-order valence-corrected chi connectivity index (χ3v) is 2.67. The third kappa shape index (κ3) is 6.56. The number of rotatable bonds is 9. The van der Waals surface area contributed by atoms with E-state index in [1.807, 2.05) is 13.8 Å². The topological polar surface area (TPSA) is 61.9 Å².